The molecule has 214 valence electrons. The average Bonchev–Trinajstić information content (AvgIpc) is 3.31. The number of fused-ring (bicyclic) bond motifs is 6. The van der Waals surface area contributed by atoms with Gasteiger partial charge in [0.05, 0.1) is 11.1 Å². The number of phenols is 1. The van der Waals surface area contributed by atoms with Gasteiger partial charge in [-0.1, -0.05) is 18.2 Å². The molecule has 2 aliphatic rings. The Bertz CT molecular complexity index is 1490. The van der Waals surface area contributed by atoms with Crippen LogP contribution in [-0.4, -0.2) is 59.7 Å². The maximum atomic E-state index is 13.7. The van der Waals surface area contributed by atoms with Gasteiger partial charge in [-0.05, 0) is 68.0 Å². The monoisotopic (exact) mass is 557 g/mol. The fourth-order valence-corrected chi connectivity index (χ4v) is 5.58. The fraction of sp³-hybridized carbons (Fsp3) is 0.375. The number of aryl methyl sites for hydroxylation is 2. The molecule has 2 aromatic carbocycles. The number of hydrogen-bond donors (Lipinski definition) is 3. The zero-order valence-corrected chi connectivity index (χ0v) is 23.3. The number of benzene rings is 2. The van der Waals surface area contributed by atoms with E-state index in [2.05, 4.69) is 10.6 Å². The number of carbonyl (C=O) groups is 4. The normalized spacial score (nSPS) is 17.0. The summed E-state index contributed by atoms with van der Waals surface area (Å²) < 4.78 is 5.82. The lowest BCUT2D eigenvalue weighted by Gasteiger charge is -2.23. The van der Waals surface area contributed by atoms with Crippen molar-refractivity contribution < 1.29 is 28.7 Å². The second-order valence-corrected chi connectivity index (χ2v) is 10.6. The van der Waals surface area contributed by atoms with E-state index in [-0.39, 0.29) is 35.7 Å². The minimum absolute atomic E-state index is 0.0730. The van der Waals surface area contributed by atoms with Crippen LogP contribution in [0, 0.1) is 6.92 Å². The Kier molecular flexibility index (Phi) is 8.52. The lowest BCUT2D eigenvalue weighted by Crippen LogP contribution is -2.37. The zero-order chi connectivity index (χ0) is 28.9. The molecule has 0 atom stereocenters. The number of phenolic OH excluding ortho intramolecular Hbond substituents is 1. The molecule has 0 radical (unpaired) electrons. The number of hydrogen-bond acceptors (Lipinski definition) is 6. The summed E-state index contributed by atoms with van der Waals surface area (Å²) in [4.78, 5) is 53.6. The molecule has 0 saturated heterocycles. The molecular weight excluding hydrogens is 522 g/mol. The van der Waals surface area contributed by atoms with Crippen molar-refractivity contribution >= 4 is 23.5 Å². The summed E-state index contributed by atoms with van der Waals surface area (Å²) in [6.07, 6.45) is 3.48. The van der Waals surface area contributed by atoms with Crippen LogP contribution in [0.5, 0.6) is 5.75 Å². The number of amides is 3. The van der Waals surface area contributed by atoms with E-state index >= 15 is 0 Å². The van der Waals surface area contributed by atoms with E-state index in [1.54, 1.807) is 36.1 Å². The molecule has 9 heteroatoms. The van der Waals surface area contributed by atoms with Gasteiger partial charge in [0.1, 0.15) is 17.3 Å². The molecule has 5 rings (SSSR count). The molecule has 1 aliphatic carbocycles. The van der Waals surface area contributed by atoms with Crippen LogP contribution in [0.25, 0.3) is 11.1 Å². The number of nitrogens with zero attached hydrogens (tertiary/aromatic N) is 1. The first kappa shape index (κ1) is 28.1. The first-order valence-electron chi connectivity index (χ1n) is 14.2. The number of furan rings is 1. The van der Waals surface area contributed by atoms with Crippen LogP contribution in [0.3, 0.4) is 0 Å². The third-order valence-electron chi connectivity index (χ3n) is 7.70. The van der Waals surface area contributed by atoms with E-state index in [1.807, 2.05) is 18.2 Å². The second kappa shape index (κ2) is 12.4. The lowest BCUT2D eigenvalue weighted by molar-refractivity contribution is -0.121. The number of Topliss-reactive ketones (excluding diaryl/α,β-unsaturated/α-hetero) is 1. The molecule has 1 aliphatic heterocycles. The Labute approximate surface area is 238 Å². The summed E-state index contributed by atoms with van der Waals surface area (Å²) in [6, 6.07) is 12.4. The van der Waals surface area contributed by atoms with Crippen molar-refractivity contribution in [3.63, 3.8) is 0 Å². The summed E-state index contributed by atoms with van der Waals surface area (Å²) in [7, 11) is 0. The van der Waals surface area contributed by atoms with Crippen LogP contribution in [-0.2, 0) is 17.6 Å². The van der Waals surface area contributed by atoms with Gasteiger partial charge in [-0.15, -0.1) is 0 Å². The minimum atomic E-state index is -0.285. The van der Waals surface area contributed by atoms with Gasteiger partial charge < -0.3 is 25.1 Å². The molecule has 2 heterocycles. The summed E-state index contributed by atoms with van der Waals surface area (Å²) in [6.45, 7) is 3.14. The topological polar surface area (TPSA) is 129 Å². The number of carbonyl (C=O) groups excluding carboxylic acids is 4. The molecule has 3 amide bonds. The highest BCUT2D eigenvalue weighted by Crippen LogP contribution is 2.32. The molecule has 1 aromatic heterocycles. The molecule has 3 aromatic rings. The molecule has 41 heavy (non-hydrogen) atoms. The Hall–Kier alpha value is -4.40. The van der Waals surface area contributed by atoms with Gasteiger partial charge in [-0.3, -0.25) is 19.2 Å². The minimum Gasteiger partial charge on any atom is -0.507 e. The Morgan fingerprint density at radius 3 is 2.54 bits per heavy atom. The van der Waals surface area contributed by atoms with Crippen LogP contribution in [0.2, 0.25) is 0 Å². The van der Waals surface area contributed by atoms with Crippen molar-refractivity contribution in [1.82, 2.24) is 15.5 Å². The summed E-state index contributed by atoms with van der Waals surface area (Å²) in [5, 5.41) is 16.4. The van der Waals surface area contributed by atoms with Gasteiger partial charge in [-0.25, -0.2) is 0 Å². The molecular formula is C32H35N3O6. The van der Waals surface area contributed by atoms with Gasteiger partial charge in [0.15, 0.2) is 5.78 Å². The fourth-order valence-electron chi connectivity index (χ4n) is 5.58. The molecule has 0 unspecified atom stereocenters. The van der Waals surface area contributed by atoms with Crippen molar-refractivity contribution in [2.75, 3.05) is 26.2 Å². The van der Waals surface area contributed by atoms with Crippen molar-refractivity contribution in [3.05, 3.63) is 76.2 Å². The van der Waals surface area contributed by atoms with E-state index in [9.17, 15) is 24.3 Å². The van der Waals surface area contributed by atoms with E-state index < -0.39 is 0 Å². The highest BCUT2D eigenvalue weighted by molar-refractivity contribution is 6.10. The molecule has 9 nitrogen and oxygen atoms in total. The number of ketones is 1. The van der Waals surface area contributed by atoms with Crippen LogP contribution in [0.4, 0.5) is 0 Å². The summed E-state index contributed by atoms with van der Waals surface area (Å²) >= 11 is 0. The third-order valence-corrected chi connectivity index (χ3v) is 7.70. The maximum absolute atomic E-state index is 13.7. The number of rotatable bonds is 1. The Balaban J connectivity index is 1.37. The molecule has 4 bridgehead atoms. The SMILES string of the molecule is Cc1oc2c(c1C(=O)N1CCCNC(=O)c3cccc(c3)-c3cc(ccc3O)CCNC(=O)CCC1)C(=O)CCC2. The highest BCUT2D eigenvalue weighted by atomic mass is 16.3. The zero-order valence-electron chi connectivity index (χ0n) is 23.3. The predicted octanol–water partition coefficient (Wildman–Crippen LogP) is 4.19. The first-order valence-corrected chi connectivity index (χ1v) is 14.2. The van der Waals surface area contributed by atoms with Gasteiger partial charge in [0.25, 0.3) is 11.8 Å². The predicted molar refractivity (Wildman–Crippen MR) is 153 cm³/mol. The van der Waals surface area contributed by atoms with Gasteiger partial charge in [0, 0.05) is 56.6 Å². The molecule has 3 N–H and O–H groups in total. The first-order chi connectivity index (χ1) is 19.8. The quantitative estimate of drug-likeness (QED) is 0.412. The third kappa shape index (κ3) is 6.34. The van der Waals surface area contributed by atoms with Crippen LogP contribution < -0.4 is 10.6 Å². The molecule has 0 spiro atoms. The number of aromatic hydroxyl groups is 1. The van der Waals surface area contributed by atoms with E-state index in [1.165, 1.54) is 0 Å². The lowest BCUT2D eigenvalue weighted by atomic mass is 9.93. The van der Waals surface area contributed by atoms with Crippen LogP contribution >= 0.6 is 0 Å². The van der Waals surface area contributed by atoms with Gasteiger partial charge >= 0.3 is 0 Å². The second-order valence-electron chi connectivity index (χ2n) is 10.6. The van der Waals surface area contributed by atoms with Gasteiger partial charge in [-0.2, -0.15) is 0 Å². The van der Waals surface area contributed by atoms with Crippen molar-refractivity contribution in [2.45, 2.75) is 51.9 Å². The molecule has 0 fully saturated rings. The van der Waals surface area contributed by atoms with Crippen LogP contribution in [0.15, 0.2) is 46.9 Å². The van der Waals surface area contributed by atoms with Crippen molar-refractivity contribution in [1.29, 1.82) is 0 Å². The van der Waals surface area contributed by atoms with E-state index in [0.29, 0.717) is 104 Å². The standard InChI is InChI=1S/C32H35N3O6/c1-20-29(30-26(37)8-3-9-27(30)41-20)32(40)35-16-4-10-28(38)33-15-13-21-11-12-25(36)24(18-21)22-6-2-7-23(19-22)31(39)34-14-5-17-35/h2,6-7,11-12,18-19,36H,3-5,8-10,13-17H2,1H3,(H,33,38)(H,34,39). The molecule has 0 saturated carbocycles. The number of nitrogens with one attached hydrogen (secondary N) is 2. The Morgan fingerprint density at radius 2 is 1.68 bits per heavy atom. The highest BCUT2D eigenvalue weighted by Gasteiger charge is 2.32. The largest absolute Gasteiger partial charge is 0.507 e. The van der Waals surface area contributed by atoms with E-state index in [0.717, 1.165) is 5.56 Å². The van der Waals surface area contributed by atoms with E-state index in [4.69, 9.17) is 4.42 Å². The smallest absolute Gasteiger partial charge is 0.258 e. The van der Waals surface area contributed by atoms with Crippen LogP contribution in [0.1, 0.15) is 80.3 Å². The average molecular weight is 558 g/mol. The van der Waals surface area contributed by atoms with Crippen molar-refractivity contribution in [3.8, 4) is 16.9 Å². The summed E-state index contributed by atoms with van der Waals surface area (Å²) in [5.41, 5.74) is 3.45. The maximum Gasteiger partial charge on any atom is 0.258 e. The van der Waals surface area contributed by atoms with Crippen molar-refractivity contribution in [2.24, 2.45) is 0 Å². The summed E-state index contributed by atoms with van der Waals surface area (Å²) in [5.74, 6) is 0.406. The Morgan fingerprint density at radius 1 is 0.878 bits per heavy atom. The van der Waals surface area contributed by atoms with Gasteiger partial charge in [0.2, 0.25) is 5.91 Å².